The van der Waals surface area contributed by atoms with Crippen LogP contribution in [0.3, 0.4) is 0 Å². The summed E-state index contributed by atoms with van der Waals surface area (Å²) >= 11 is 0. The number of aromatic nitrogens is 3. The van der Waals surface area contributed by atoms with Crippen molar-refractivity contribution in [2.45, 2.75) is 19.5 Å². The molecule has 2 heterocycles. The predicted octanol–water partition coefficient (Wildman–Crippen LogP) is 3.08. The number of pyridine rings is 1. The molecule has 0 bridgehead atoms. The maximum Gasteiger partial charge on any atom is 0.417 e. The van der Waals surface area contributed by atoms with E-state index in [-0.39, 0.29) is 24.8 Å². The van der Waals surface area contributed by atoms with E-state index in [9.17, 15) is 17.6 Å². The predicted molar refractivity (Wildman–Crippen MR) is 74.6 cm³/mol. The first-order chi connectivity index (χ1) is 10.9. The summed E-state index contributed by atoms with van der Waals surface area (Å²) in [6, 6.07) is 2.01. The van der Waals surface area contributed by atoms with E-state index < -0.39 is 17.6 Å². The fourth-order valence-electron chi connectivity index (χ4n) is 1.73. The zero-order valence-corrected chi connectivity index (χ0v) is 12.2. The molecule has 0 atom stereocenters. The summed E-state index contributed by atoms with van der Waals surface area (Å²) in [5.41, 5.74) is -0.550. The lowest BCUT2D eigenvalue weighted by atomic mass is 10.3. The number of hydrogen-bond donors (Lipinski definition) is 1. The summed E-state index contributed by atoms with van der Waals surface area (Å²) in [5.74, 6) is -0.416. The second-order valence-electron chi connectivity index (χ2n) is 4.49. The average molecular weight is 330 g/mol. The van der Waals surface area contributed by atoms with Crippen molar-refractivity contribution in [3.8, 4) is 5.88 Å². The molecule has 124 valence electrons. The van der Waals surface area contributed by atoms with Crippen LogP contribution < -0.4 is 10.1 Å². The van der Waals surface area contributed by atoms with Gasteiger partial charge < -0.3 is 10.1 Å². The van der Waals surface area contributed by atoms with Gasteiger partial charge in [0, 0.05) is 12.3 Å². The molecule has 0 aromatic carbocycles. The van der Waals surface area contributed by atoms with Crippen molar-refractivity contribution < 1.29 is 22.3 Å². The third-order valence-electron chi connectivity index (χ3n) is 2.90. The van der Waals surface area contributed by atoms with Crippen LogP contribution in [0.2, 0.25) is 0 Å². The Hall–Kier alpha value is -2.45. The second-order valence-corrected chi connectivity index (χ2v) is 4.49. The van der Waals surface area contributed by atoms with E-state index in [1.54, 1.807) is 6.92 Å². The van der Waals surface area contributed by atoms with Gasteiger partial charge in [-0.05, 0) is 12.5 Å². The Morgan fingerprint density at radius 1 is 1.17 bits per heavy atom. The second kappa shape index (κ2) is 7.21. The molecular weight excluding hydrogens is 316 g/mol. The van der Waals surface area contributed by atoms with Gasteiger partial charge in [-0.1, -0.05) is 6.92 Å². The Balaban J connectivity index is 1.84. The first-order valence-corrected chi connectivity index (χ1v) is 6.81. The van der Waals surface area contributed by atoms with Crippen LogP contribution in [-0.2, 0) is 12.6 Å². The zero-order chi connectivity index (χ0) is 16.9. The average Bonchev–Trinajstić information content (AvgIpc) is 2.52. The summed E-state index contributed by atoms with van der Waals surface area (Å²) in [6.45, 7) is 2.07. The van der Waals surface area contributed by atoms with E-state index >= 15 is 0 Å². The number of nitrogens with one attached hydrogen (secondary N) is 1. The van der Waals surface area contributed by atoms with Gasteiger partial charge >= 0.3 is 6.18 Å². The van der Waals surface area contributed by atoms with Crippen molar-refractivity contribution in [2.75, 3.05) is 18.5 Å². The Morgan fingerprint density at radius 2 is 1.96 bits per heavy atom. The number of aryl methyl sites for hydroxylation is 1. The van der Waals surface area contributed by atoms with Crippen molar-refractivity contribution >= 4 is 5.82 Å². The van der Waals surface area contributed by atoms with Crippen LogP contribution in [0.25, 0.3) is 0 Å². The monoisotopic (exact) mass is 330 g/mol. The highest BCUT2D eigenvalue weighted by Crippen LogP contribution is 2.29. The highest BCUT2D eigenvalue weighted by Gasteiger charge is 2.30. The molecule has 5 nitrogen and oxygen atoms in total. The molecule has 1 N–H and O–H groups in total. The van der Waals surface area contributed by atoms with E-state index in [1.165, 1.54) is 6.33 Å². The molecule has 0 aliphatic carbocycles. The molecule has 2 aromatic heterocycles. The molecule has 0 aliphatic heterocycles. The lowest BCUT2D eigenvalue weighted by Crippen LogP contribution is -2.15. The van der Waals surface area contributed by atoms with Crippen LogP contribution in [0.15, 0.2) is 24.7 Å². The minimum Gasteiger partial charge on any atom is -0.476 e. The van der Waals surface area contributed by atoms with Gasteiger partial charge in [0.05, 0.1) is 17.8 Å². The van der Waals surface area contributed by atoms with Gasteiger partial charge in [-0.25, -0.2) is 19.3 Å². The minimum absolute atomic E-state index is 0.0530. The van der Waals surface area contributed by atoms with E-state index in [4.69, 9.17) is 4.74 Å². The van der Waals surface area contributed by atoms with Crippen LogP contribution in [0.1, 0.15) is 18.2 Å². The van der Waals surface area contributed by atoms with Gasteiger partial charge in [-0.2, -0.15) is 13.2 Å². The van der Waals surface area contributed by atoms with Gasteiger partial charge in [0.25, 0.3) is 0 Å². The van der Waals surface area contributed by atoms with Crippen LogP contribution >= 0.6 is 0 Å². The van der Waals surface area contributed by atoms with Crippen molar-refractivity contribution in [3.63, 3.8) is 0 Å². The van der Waals surface area contributed by atoms with Crippen LogP contribution in [0.5, 0.6) is 5.88 Å². The Bertz CT molecular complexity index is 646. The lowest BCUT2D eigenvalue weighted by Gasteiger charge is -2.10. The molecule has 0 aliphatic rings. The van der Waals surface area contributed by atoms with Crippen LogP contribution in [0.4, 0.5) is 23.4 Å². The zero-order valence-electron chi connectivity index (χ0n) is 12.2. The van der Waals surface area contributed by atoms with Crippen molar-refractivity contribution in [1.82, 2.24) is 15.0 Å². The Morgan fingerprint density at radius 3 is 2.57 bits per heavy atom. The number of nitrogens with zero attached hydrogens (tertiary/aromatic N) is 3. The fourth-order valence-corrected chi connectivity index (χ4v) is 1.73. The van der Waals surface area contributed by atoms with Crippen LogP contribution in [-0.4, -0.2) is 28.1 Å². The van der Waals surface area contributed by atoms with Gasteiger partial charge in [0.1, 0.15) is 12.9 Å². The first kappa shape index (κ1) is 16.9. The number of anilines is 1. The van der Waals surface area contributed by atoms with Gasteiger partial charge in [-0.3, -0.25) is 0 Å². The van der Waals surface area contributed by atoms with Crippen molar-refractivity contribution in [1.29, 1.82) is 0 Å². The normalized spacial score (nSPS) is 11.3. The van der Waals surface area contributed by atoms with E-state index in [0.29, 0.717) is 18.3 Å². The number of halogens is 4. The molecule has 23 heavy (non-hydrogen) atoms. The molecule has 2 aromatic rings. The topological polar surface area (TPSA) is 59.9 Å². The number of alkyl halides is 3. The first-order valence-electron chi connectivity index (χ1n) is 6.81. The third kappa shape index (κ3) is 4.51. The van der Waals surface area contributed by atoms with Crippen molar-refractivity contribution in [2.24, 2.45) is 0 Å². The fraction of sp³-hybridized carbons (Fsp3) is 0.357. The number of rotatable bonds is 6. The van der Waals surface area contributed by atoms with E-state index in [2.05, 4.69) is 20.3 Å². The molecule has 0 fully saturated rings. The van der Waals surface area contributed by atoms with Crippen molar-refractivity contribution in [3.05, 3.63) is 41.7 Å². The van der Waals surface area contributed by atoms with Gasteiger partial charge in [0.15, 0.2) is 11.6 Å². The molecule has 0 unspecified atom stereocenters. The van der Waals surface area contributed by atoms with E-state index in [1.807, 2.05) is 0 Å². The summed E-state index contributed by atoms with van der Waals surface area (Å²) in [7, 11) is 0. The maximum absolute atomic E-state index is 13.8. The molecule has 2 rings (SSSR count). The number of hydrogen-bond acceptors (Lipinski definition) is 5. The van der Waals surface area contributed by atoms with Gasteiger partial charge in [-0.15, -0.1) is 0 Å². The van der Waals surface area contributed by atoms with Crippen LogP contribution in [0, 0.1) is 5.82 Å². The molecule has 0 saturated heterocycles. The molecule has 9 heteroatoms. The maximum atomic E-state index is 13.8. The molecule has 0 radical (unpaired) electrons. The third-order valence-corrected chi connectivity index (χ3v) is 2.90. The molecular formula is C14H14F4N4O. The minimum atomic E-state index is -4.44. The Kier molecular flexibility index (Phi) is 5.30. The molecule has 0 amide bonds. The van der Waals surface area contributed by atoms with Gasteiger partial charge in [0.2, 0.25) is 5.88 Å². The largest absolute Gasteiger partial charge is 0.476 e. The molecule has 0 spiro atoms. The highest BCUT2D eigenvalue weighted by atomic mass is 19.4. The SMILES string of the molecule is CCc1ncnc(NCCOc2ccc(C(F)(F)F)cn2)c1F. The summed E-state index contributed by atoms with van der Waals surface area (Å²) in [4.78, 5) is 11.1. The standard InChI is InChI=1S/C14H14F4N4O/c1-2-10-12(15)13(22-8-21-10)19-5-6-23-11-4-3-9(7-20-11)14(16,17)18/h3-4,7-8H,2,5-6H2,1H3,(H,19,21,22). The highest BCUT2D eigenvalue weighted by molar-refractivity contribution is 5.37. The smallest absolute Gasteiger partial charge is 0.417 e. The van der Waals surface area contributed by atoms with E-state index in [0.717, 1.165) is 12.1 Å². The summed E-state index contributed by atoms with van der Waals surface area (Å²) in [5, 5.41) is 2.73. The molecule has 0 saturated carbocycles. The lowest BCUT2D eigenvalue weighted by molar-refractivity contribution is -0.137. The Labute approximate surface area is 129 Å². The number of ether oxygens (including phenoxy) is 1. The summed E-state index contributed by atoms with van der Waals surface area (Å²) in [6.07, 6.45) is -2.05. The quantitative estimate of drug-likeness (QED) is 0.651. The summed E-state index contributed by atoms with van der Waals surface area (Å²) < 4.78 is 56.1.